The molecule has 3 atom stereocenters. The van der Waals surface area contributed by atoms with Gasteiger partial charge < -0.3 is 9.84 Å². The van der Waals surface area contributed by atoms with Crippen LogP contribution in [0.3, 0.4) is 0 Å². The van der Waals surface area contributed by atoms with Gasteiger partial charge in [-0.15, -0.1) is 0 Å². The molecule has 1 saturated heterocycles. The van der Waals surface area contributed by atoms with Crippen LogP contribution in [0.25, 0.3) is 0 Å². The van der Waals surface area contributed by atoms with Crippen molar-refractivity contribution in [2.75, 3.05) is 0 Å². The molecule has 3 unspecified atom stereocenters. The van der Waals surface area contributed by atoms with E-state index in [4.69, 9.17) is 4.74 Å². The highest BCUT2D eigenvalue weighted by molar-refractivity contribution is 5.28. The molecule has 1 aliphatic heterocycles. The van der Waals surface area contributed by atoms with Gasteiger partial charge in [-0.25, -0.2) is 4.39 Å². The van der Waals surface area contributed by atoms with Gasteiger partial charge in [0, 0.05) is 0 Å². The second-order valence-electron chi connectivity index (χ2n) is 4.74. The monoisotopic (exact) mass is 278 g/mol. The lowest BCUT2D eigenvalue weighted by atomic mass is 10.0. The molecule has 0 aromatic heterocycles. The lowest BCUT2D eigenvalue weighted by Gasteiger charge is -2.19. The second-order valence-corrected chi connectivity index (χ2v) is 4.74. The van der Waals surface area contributed by atoms with Gasteiger partial charge in [0.15, 0.2) is 0 Å². The third-order valence-electron chi connectivity index (χ3n) is 3.26. The normalized spacial score (nSPS) is 25.6. The Morgan fingerprint density at radius 2 is 2.00 bits per heavy atom. The van der Waals surface area contributed by atoms with Crippen molar-refractivity contribution in [3.8, 4) is 0 Å². The van der Waals surface area contributed by atoms with E-state index >= 15 is 0 Å². The molecule has 1 aromatic rings. The molecule has 106 valence electrons. The first-order valence-corrected chi connectivity index (χ1v) is 5.99. The van der Waals surface area contributed by atoms with Crippen LogP contribution in [0.4, 0.5) is 17.6 Å². The molecule has 0 radical (unpaired) electrons. The van der Waals surface area contributed by atoms with Gasteiger partial charge in [0.1, 0.15) is 11.9 Å². The van der Waals surface area contributed by atoms with Crippen LogP contribution >= 0.6 is 0 Å². The minimum Gasteiger partial charge on any atom is -0.386 e. The molecule has 1 aromatic carbocycles. The molecule has 1 N–H and O–H groups in total. The molecule has 1 heterocycles. The summed E-state index contributed by atoms with van der Waals surface area (Å²) in [6.07, 6.45) is -4.96. The predicted octanol–water partition coefficient (Wildman–Crippen LogP) is 3.45. The van der Waals surface area contributed by atoms with Crippen LogP contribution in [-0.4, -0.2) is 17.3 Å². The lowest BCUT2D eigenvalue weighted by Crippen LogP contribution is -2.19. The summed E-state index contributed by atoms with van der Waals surface area (Å²) in [4.78, 5) is 0. The average Bonchev–Trinajstić information content (AvgIpc) is 2.73. The number of alkyl halides is 3. The van der Waals surface area contributed by atoms with Crippen molar-refractivity contribution in [1.29, 1.82) is 0 Å². The van der Waals surface area contributed by atoms with Gasteiger partial charge >= 0.3 is 6.18 Å². The molecule has 0 aliphatic carbocycles. The van der Waals surface area contributed by atoms with Gasteiger partial charge in [-0.1, -0.05) is 6.07 Å². The van der Waals surface area contributed by atoms with Gasteiger partial charge in [-0.05, 0) is 37.5 Å². The Morgan fingerprint density at radius 1 is 1.32 bits per heavy atom. The van der Waals surface area contributed by atoms with Crippen molar-refractivity contribution >= 4 is 0 Å². The van der Waals surface area contributed by atoms with E-state index in [-0.39, 0.29) is 11.7 Å². The summed E-state index contributed by atoms with van der Waals surface area (Å²) in [6.45, 7) is 1.85. The highest BCUT2D eigenvalue weighted by Gasteiger charge is 2.35. The van der Waals surface area contributed by atoms with Crippen LogP contribution in [-0.2, 0) is 10.9 Å². The highest BCUT2D eigenvalue weighted by atomic mass is 19.4. The molecule has 0 saturated carbocycles. The van der Waals surface area contributed by atoms with E-state index < -0.39 is 29.8 Å². The molecule has 1 fully saturated rings. The zero-order valence-corrected chi connectivity index (χ0v) is 10.2. The van der Waals surface area contributed by atoms with Crippen LogP contribution in [0.15, 0.2) is 18.2 Å². The van der Waals surface area contributed by atoms with Gasteiger partial charge in [0.25, 0.3) is 0 Å². The summed E-state index contributed by atoms with van der Waals surface area (Å²) in [5.41, 5.74) is -1.23. The van der Waals surface area contributed by atoms with Crippen molar-refractivity contribution in [2.45, 2.75) is 44.3 Å². The molecular weight excluding hydrogens is 264 g/mol. The molecular formula is C13H14F4O2. The number of rotatable bonds is 2. The maximum absolute atomic E-state index is 13.4. The Bertz CT molecular complexity index is 458. The Morgan fingerprint density at radius 3 is 2.47 bits per heavy atom. The quantitative estimate of drug-likeness (QED) is 0.840. The Hall–Kier alpha value is -1.14. The van der Waals surface area contributed by atoms with Crippen molar-refractivity contribution in [3.63, 3.8) is 0 Å². The van der Waals surface area contributed by atoms with E-state index in [0.717, 1.165) is 18.6 Å². The fourth-order valence-electron chi connectivity index (χ4n) is 2.23. The Labute approximate surface area is 108 Å². The first-order chi connectivity index (χ1) is 8.79. The smallest absolute Gasteiger partial charge is 0.386 e. The summed E-state index contributed by atoms with van der Waals surface area (Å²) < 4.78 is 56.0. The van der Waals surface area contributed by atoms with Crippen molar-refractivity contribution in [1.82, 2.24) is 0 Å². The summed E-state index contributed by atoms with van der Waals surface area (Å²) in [5, 5.41) is 9.98. The number of benzene rings is 1. The third-order valence-corrected chi connectivity index (χ3v) is 3.26. The van der Waals surface area contributed by atoms with Crippen LogP contribution < -0.4 is 0 Å². The number of aliphatic hydroxyl groups is 1. The molecule has 0 amide bonds. The number of ether oxygens (including phenoxy) is 1. The summed E-state index contributed by atoms with van der Waals surface area (Å²) in [6, 6.07) is 2.45. The zero-order valence-electron chi connectivity index (χ0n) is 10.2. The van der Waals surface area contributed by atoms with Crippen molar-refractivity contribution in [3.05, 3.63) is 35.1 Å². The van der Waals surface area contributed by atoms with Crippen LogP contribution in [0.2, 0.25) is 0 Å². The van der Waals surface area contributed by atoms with E-state index in [2.05, 4.69) is 0 Å². The highest BCUT2D eigenvalue weighted by Crippen LogP contribution is 2.34. The van der Waals surface area contributed by atoms with Gasteiger partial charge in [0.2, 0.25) is 0 Å². The van der Waals surface area contributed by atoms with E-state index in [9.17, 15) is 22.7 Å². The molecule has 19 heavy (non-hydrogen) atoms. The second kappa shape index (κ2) is 5.09. The zero-order chi connectivity index (χ0) is 14.2. The van der Waals surface area contributed by atoms with E-state index in [0.29, 0.717) is 12.5 Å². The Kier molecular flexibility index (Phi) is 3.82. The topological polar surface area (TPSA) is 29.5 Å². The summed E-state index contributed by atoms with van der Waals surface area (Å²) in [7, 11) is 0. The average molecular weight is 278 g/mol. The van der Waals surface area contributed by atoms with E-state index in [1.807, 2.05) is 6.92 Å². The minimum absolute atomic E-state index is 0.000977. The molecule has 0 bridgehead atoms. The predicted molar refractivity (Wildman–Crippen MR) is 59.9 cm³/mol. The fourth-order valence-corrected chi connectivity index (χ4v) is 2.23. The van der Waals surface area contributed by atoms with E-state index in [1.165, 1.54) is 0 Å². The van der Waals surface area contributed by atoms with Gasteiger partial charge in [0.05, 0.1) is 17.8 Å². The first-order valence-electron chi connectivity index (χ1n) is 5.99. The maximum atomic E-state index is 13.4. The number of hydrogen-bond donors (Lipinski definition) is 1. The van der Waals surface area contributed by atoms with Gasteiger partial charge in [-0.3, -0.25) is 0 Å². The fraction of sp³-hybridized carbons (Fsp3) is 0.538. The minimum atomic E-state index is -4.73. The molecule has 6 heteroatoms. The number of aliphatic hydroxyl groups excluding tert-OH is 1. The van der Waals surface area contributed by atoms with Crippen molar-refractivity contribution < 1.29 is 27.4 Å². The summed E-state index contributed by atoms with van der Waals surface area (Å²) in [5.74, 6) is -1.38. The number of hydrogen-bond acceptors (Lipinski definition) is 2. The summed E-state index contributed by atoms with van der Waals surface area (Å²) >= 11 is 0. The molecule has 2 rings (SSSR count). The molecule has 1 aliphatic rings. The van der Waals surface area contributed by atoms with Crippen LogP contribution in [0.1, 0.15) is 37.0 Å². The maximum Gasteiger partial charge on any atom is 0.419 e. The molecule has 2 nitrogen and oxygen atoms in total. The van der Waals surface area contributed by atoms with Crippen LogP contribution in [0.5, 0.6) is 0 Å². The van der Waals surface area contributed by atoms with Crippen molar-refractivity contribution in [2.24, 2.45) is 0 Å². The van der Waals surface area contributed by atoms with E-state index in [1.54, 1.807) is 0 Å². The molecule has 0 spiro atoms. The SMILES string of the molecule is CC1CCC(C(O)c2ccc(C(F)(F)F)c(F)c2)O1. The van der Waals surface area contributed by atoms with Gasteiger partial charge in [-0.2, -0.15) is 13.2 Å². The van der Waals surface area contributed by atoms with Crippen LogP contribution in [0, 0.1) is 5.82 Å². The Balaban J connectivity index is 2.20. The standard InChI is InChI=1S/C13H14F4O2/c1-7-2-5-11(19-7)12(18)8-3-4-9(10(14)6-8)13(15,16)17/h3-4,6-7,11-12,18H,2,5H2,1H3. The number of halogens is 4. The largest absolute Gasteiger partial charge is 0.419 e. The lowest BCUT2D eigenvalue weighted by molar-refractivity contribution is -0.140. The third kappa shape index (κ3) is 3.06. The first kappa shape index (κ1) is 14.3.